The monoisotopic (exact) mass is 377 g/mol. The van der Waals surface area contributed by atoms with Gasteiger partial charge < -0.3 is 0 Å². The number of aromatic nitrogens is 1. The molecule has 1 amide bonds. The summed E-state index contributed by atoms with van der Waals surface area (Å²) in [6, 6.07) is 22.2. The number of nitrogens with one attached hydrogen (secondary N) is 1. The lowest BCUT2D eigenvalue weighted by molar-refractivity contribution is -0.118. The van der Waals surface area contributed by atoms with Gasteiger partial charge in [0.25, 0.3) is 5.91 Å². The van der Waals surface area contributed by atoms with Crippen molar-refractivity contribution in [1.29, 1.82) is 0 Å². The molecular weight excluding hydrogens is 362 g/mol. The van der Waals surface area contributed by atoms with E-state index < -0.39 is 0 Å². The topological polar surface area (TPSA) is 54.4 Å². The summed E-state index contributed by atoms with van der Waals surface area (Å²) in [5, 5.41) is 6.38. The van der Waals surface area contributed by atoms with E-state index in [1.54, 1.807) is 17.6 Å². The summed E-state index contributed by atoms with van der Waals surface area (Å²) in [6.07, 6.45) is 1.66. The molecule has 0 aliphatic carbocycles. The standard InChI is InChI=1S/C20H15N3OS2/c24-19(13-25-20-22-17-7-3-4-8-18(17)26-20)23-21-12-14-9-10-15-5-1-2-6-16(15)11-14/h1-12H,13H2,(H,23,24)/b21-12-. The Hall–Kier alpha value is -2.70. The Morgan fingerprint density at radius 2 is 1.88 bits per heavy atom. The number of nitrogens with zero attached hydrogens (tertiary/aromatic N) is 2. The van der Waals surface area contributed by atoms with Crippen molar-refractivity contribution >= 4 is 56.2 Å². The van der Waals surface area contributed by atoms with Crippen LogP contribution in [0.1, 0.15) is 5.56 Å². The van der Waals surface area contributed by atoms with Gasteiger partial charge in [0, 0.05) is 0 Å². The van der Waals surface area contributed by atoms with Gasteiger partial charge in [-0.25, -0.2) is 10.4 Å². The first kappa shape index (κ1) is 16.8. The minimum atomic E-state index is -0.147. The van der Waals surface area contributed by atoms with Crippen molar-refractivity contribution in [3.63, 3.8) is 0 Å². The summed E-state index contributed by atoms with van der Waals surface area (Å²) >= 11 is 3.02. The summed E-state index contributed by atoms with van der Waals surface area (Å²) < 4.78 is 2.02. The van der Waals surface area contributed by atoms with Gasteiger partial charge in [0.05, 0.1) is 22.2 Å². The van der Waals surface area contributed by atoms with Crippen molar-refractivity contribution < 1.29 is 4.79 Å². The van der Waals surface area contributed by atoms with Gasteiger partial charge in [-0.05, 0) is 34.5 Å². The highest BCUT2D eigenvalue weighted by molar-refractivity contribution is 8.01. The molecule has 4 rings (SSSR count). The van der Waals surface area contributed by atoms with Gasteiger partial charge in [-0.2, -0.15) is 5.10 Å². The molecule has 4 nitrogen and oxygen atoms in total. The van der Waals surface area contributed by atoms with E-state index >= 15 is 0 Å². The minimum absolute atomic E-state index is 0.147. The third-order valence-corrected chi connectivity index (χ3v) is 5.96. The number of hydrogen-bond donors (Lipinski definition) is 1. The van der Waals surface area contributed by atoms with Crippen molar-refractivity contribution in [2.75, 3.05) is 5.75 Å². The molecule has 26 heavy (non-hydrogen) atoms. The summed E-state index contributed by atoms with van der Waals surface area (Å²) in [4.78, 5) is 16.5. The molecular formula is C20H15N3OS2. The highest BCUT2D eigenvalue weighted by Gasteiger charge is 2.06. The summed E-state index contributed by atoms with van der Waals surface area (Å²) in [6.45, 7) is 0. The molecule has 1 aromatic heterocycles. The molecule has 1 heterocycles. The molecule has 0 aliphatic rings. The number of fused-ring (bicyclic) bond motifs is 2. The minimum Gasteiger partial charge on any atom is -0.272 e. The lowest BCUT2D eigenvalue weighted by atomic mass is 10.1. The van der Waals surface area contributed by atoms with Crippen molar-refractivity contribution in [2.45, 2.75) is 4.34 Å². The lowest BCUT2D eigenvalue weighted by Crippen LogP contribution is -2.19. The van der Waals surface area contributed by atoms with Gasteiger partial charge in [-0.3, -0.25) is 4.79 Å². The largest absolute Gasteiger partial charge is 0.272 e. The van der Waals surface area contributed by atoms with E-state index in [9.17, 15) is 4.79 Å². The lowest BCUT2D eigenvalue weighted by Gasteiger charge is -2.00. The zero-order chi connectivity index (χ0) is 17.8. The first-order valence-corrected chi connectivity index (χ1v) is 9.87. The van der Waals surface area contributed by atoms with E-state index in [0.717, 1.165) is 25.5 Å². The molecule has 0 aliphatic heterocycles. The number of hydrogen-bond acceptors (Lipinski definition) is 5. The Balaban J connectivity index is 1.33. The smallest absolute Gasteiger partial charge is 0.250 e. The molecule has 0 bridgehead atoms. The van der Waals surface area contributed by atoms with Gasteiger partial charge in [0.2, 0.25) is 0 Å². The summed E-state index contributed by atoms with van der Waals surface area (Å²) in [7, 11) is 0. The van der Waals surface area contributed by atoms with Crippen LogP contribution in [0.2, 0.25) is 0 Å². The van der Waals surface area contributed by atoms with E-state index in [1.165, 1.54) is 17.1 Å². The van der Waals surface area contributed by atoms with Crippen LogP contribution in [-0.2, 0) is 4.79 Å². The van der Waals surface area contributed by atoms with Crippen LogP contribution >= 0.6 is 23.1 Å². The number of hydrazone groups is 1. The normalized spacial score (nSPS) is 11.4. The van der Waals surface area contributed by atoms with Crippen LogP contribution in [0.25, 0.3) is 21.0 Å². The third kappa shape index (κ3) is 3.92. The predicted octanol–water partition coefficient (Wildman–Crippen LogP) is 4.69. The van der Waals surface area contributed by atoms with Gasteiger partial charge in [-0.1, -0.05) is 60.3 Å². The van der Waals surface area contributed by atoms with Crippen molar-refractivity contribution in [1.82, 2.24) is 10.4 Å². The molecule has 1 N–H and O–H groups in total. The second kappa shape index (κ2) is 7.68. The molecule has 0 saturated heterocycles. The average molecular weight is 377 g/mol. The van der Waals surface area contributed by atoms with E-state index in [1.807, 2.05) is 54.6 Å². The number of carbonyl (C=O) groups excluding carboxylic acids is 1. The van der Waals surface area contributed by atoms with Crippen LogP contribution in [0.4, 0.5) is 0 Å². The van der Waals surface area contributed by atoms with Crippen LogP contribution in [0.15, 0.2) is 76.2 Å². The maximum atomic E-state index is 12.0. The summed E-state index contributed by atoms with van der Waals surface area (Å²) in [5.74, 6) is 0.140. The quantitative estimate of drug-likeness (QED) is 0.312. The van der Waals surface area contributed by atoms with Crippen LogP contribution in [0.3, 0.4) is 0 Å². The van der Waals surface area contributed by atoms with Gasteiger partial charge >= 0.3 is 0 Å². The molecule has 3 aromatic carbocycles. The Kier molecular flexibility index (Phi) is 4.95. The van der Waals surface area contributed by atoms with E-state index in [0.29, 0.717) is 0 Å². The molecule has 0 radical (unpaired) electrons. The maximum Gasteiger partial charge on any atom is 0.250 e. The number of carbonyl (C=O) groups is 1. The number of thioether (sulfide) groups is 1. The number of para-hydroxylation sites is 1. The number of rotatable bonds is 5. The Labute approximate surface area is 159 Å². The number of benzene rings is 3. The molecule has 0 spiro atoms. The second-order valence-corrected chi connectivity index (χ2v) is 7.89. The number of amides is 1. The van der Waals surface area contributed by atoms with Crippen molar-refractivity contribution in [3.8, 4) is 0 Å². The predicted molar refractivity (Wildman–Crippen MR) is 110 cm³/mol. The second-order valence-electron chi connectivity index (χ2n) is 5.64. The molecule has 128 valence electrons. The van der Waals surface area contributed by atoms with Crippen molar-refractivity contribution in [2.24, 2.45) is 5.10 Å². The SMILES string of the molecule is O=C(CSc1nc2ccccc2s1)N/N=C\c1ccc2ccccc2c1. The van der Waals surface area contributed by atoms with Gasteiger partial charge in [0.1, 0.15) is 0 Å². The zero-order valence-corrected chi connectivity index (χ0v) is 15.4. The Bertz CT molecular complexity index is 1070. The maximum absolute atomic E-state index is 12.0. The molecule has 0 atom stereocenters. The van der Waals surface area contributed by atoms with Crippen LogP contribution in [0, 0.1) is 0 Å². The fraction of sp³-hybridized carbons (Fsp3) is 0.0500. The highest BCUT2D eigenvalue weighted by Crippen LogP contribution is 2.28. The van der Waals surface area contributed by atoms with E-state index in [4.69, 9.17) is 0 Å². The van der Waals surface area contributed by atoms with Crippen molar-refractivity contribution in [3.05, 3.63) is 72.3 Å². The van der Waals surface area contributed by atoms with Crippen LogP contribution in [-0.4, -0.2) is 22.9 Å². The van der Waals surface area contributed by atoms with Gasteiger partial charge in [-0.15, -0.1) is 11.3 Å². The summed E-state index contributed by atoms with van der Waals surface area (Å²) in [5.41, 5.74) is 4.48. The molecule has 0 unspecified atom stereocenters. The van der Waals surface area contributed by atoms with Crippen LogP contribution in [0.5, 0.6) is 0 Å². The fourth-order valence-corrected chi connectivity index (χ4v) is 4.40. The average Bonchev–Trinajstić information content (AvgIpc) is 3.09. The molecule has 6 heteroatoms. The first-order valence-electron chi connectivity index (χ1n) is 8.07. The molecule has 0 fully saturated rings. The fourth-order valence-electron chi connectivity index (χ4n) is 2.54. The third-order valence-electron chi connectivity index (χ3n) is 3.78. The first-order chi connectivity index (χ1) is 12.8. The van der Waals surface area contributed by atoms with E-state index in [-0.39, 0.29) is 11.7 Å². The van der Waals surface area contributed by atoms with Crippen LogP contribution < -0.4 is 5.43 Å². The molecule has 0 saturated carbocycles. The van der Waals surface area contributed by atoms with E-state index in [2.05, 4.69) is 27.6 Å². The number of thiazole rings is 1. The highest BCUT2D eigenvalue weighted by atomic mass is 32.2. The zero-order valence-electron chi connectivity index (χ0n) is 13.8. The molecule has 4 aromatic rings. The Morgan fingerprint density at radius 3 is 2.77 bits per heavy atom. The Morgan fingerprint density at radius 1 is 1.08 bits per heavy atom. The van der Waals surface area contributed by atoms with Gasteiger partial charge in [0.15, 0.2) is 4.34 Å².